The number of hydrogen-bond donors (Lipinski definition) is 1. The zero-order chi connectivity index (χ0) is 10.7. The fourth-order valence-corrected chi connectivity index (χ4v) is 2.47. The van der Waals surface area contributed by atoms with Crippen molar-refractivity contribution >= 4 is 0 Å². The van der Waals surface area contributed by atoms with Gasteiger partial charge in [0.05, 0.1) is 5.60 Å². The Morgan fingerprint density at radius 1 is 1.27 bits per heavy atom. The largest absolute Gasteiger partial charge is 0.390 e. The SMILES string of the molecule is CC[C@@H](CC1(O)CCC1)c1ccccc1. The number of hydrogen-bond acceptors (Lipinski definition) is 1. The summed E-state index contributed by atoms with van der Waals surface area (Å²) < 4.78 is 0. The Kier molecular flexibility index (Phi) is 3.11. The van der Waals surface area contributed by atoms with Crippen LogP contribution in [0.25, 0.3) is 0 Å². The zero-order valence-electron chi connectivity index (χ0n) is 9.45. The average Bonchev–Trinajstić information content (AvgIpc) is 2.25. The van der Waals surface area contributed by atoms with E-state index in [4.69, 9.17) is 0 Å². The van der Waals surface area contributed by atoms with Crippen LogP contribution in [0.15, 0.2) is 30.3 Å². The lowest BCUT2D eigenvalue weighted by molar-refractivity contribution is -0.0459. The molecule has 0 amide bonds. The van der Waals surface area contributed by atoms with E-state index in [9.17, 15) is 5.11 Å². The lowest BCUT2D eigenvalue weighted by Gasteiger charge is -2.39. The summed E-state index contributed by atoms with van der Waals surface area (Å²) in [6.07, 6.45) is 5.24. The quantitative estimate of drug-likeness (QED) is 0.796. The van der Waals surface area contributed by atoms with Crippen molar-refractivity contribution in [2.24, 2.45) is 0 Å². The molecule has 1 heteroatoms. The van der Waals surface area contributed by atoms with Gasteiger partial charge in [0.15, 0.2) is 0 Å². The molecule has 15 heavy (non-hydrogen) atoms. The van der Waals surface area contributed by atoms with Gasteiger partial charge in [-0.2, -0.15) is 0 Å². The molecular formula is C14H20O. The minimum atomic E-state index is -0.351. The maximum atomic E-state index is 10.2. The van der Waals surface area contributed by atoms with Gasteiger partial charge >= 0.3 is 0 Å². The Bertz CT molecular complexity index is 300. The first-order valence-electron chi connectivity index (χ1n) is 6.01. The molecule has 0 spiro atoms. The van der Waals surface area contributed by atoms with Crippen molar-refractivity contribution in [2.75, 3.05) is 0 Å². The molecule has 1 fully saturated rings. The Morgan fingerprint density at radius 3 is 2.40 bits per heavy atom. The van der Waals surface area contributed by atoms with Crippen molar-refractivity contribution in [3.05, 3.63) is 35.9 Å². The summed E-state index contributed by atoms with van der Waals surface area (Å²) in [7, 11) is 0. The van der Waals surface area contributed by atoms with Crippen molar-refractivity contribution < 1.29 is 5.11 Å². The lowest BCUT2D eigenvalue weighted by Crippen LogP contribution is -2.38. The summed E-state index contributed by atoms with van der Waals surface area (Å²) in [6, 6.07) is 10.6. The molecule has 1 aromatic carbocycles. The highest BCUT2D eigenvalue weighted by molar-refractivity contribution is 5.20. The molecule has 0 radical (unpaired) electrons. The Morgan fingerprint density at radius 2 is 1.93 bits per heavy atom. The van der Waals surface area contributed by atoms with E-state index in [0.29, 0.717) is 5.92 Å². The summed E-state index contributed by atoms with van der Waals surface area (Å²) in [5, 5.41) is 10.2. The Balaban J connectivity index is 2.04. The molecule has 0 heterocycles. The second-order valence-electron chi connectivity index (χ2n) is 4.80. The molecule has 1 atom stereocenters. The van der Waals surface area contributed by atoms with Crippen LogP contribution in [-0.2, 0) is 0 Å². The minimum Gasteiger partial charge on any atom is -0.390 e. The molecule has 82 valence electrons. The van der Waals surface area contributed by atoms with E-state index >= 15 is 0 Å². The monoisotopic (exact) mass is 204 g/mol. The van der Waals surface area contributed by atoms with Gasteiger partial charge in [-0.15, -0.1) is 0 Å². The summed E-state index contributed by atoms with van der Waals surface area (Å²) in [5.41, 5.74) is 1.02. The van der Waals surface area contributed by atoms with Crippen LogP contribution >= 0.6 is 0 Å². The van der Waals surface area contributed by atoms with Gasteiger partial charge in [-0.3, -0.25) is 0 Å². The first kappa shape index (κ1) is 10.7. The molecule has 0 saturated heterocycles. The smallest absolute Gasteiger partial charge is 0.0653 e. The van der Waals surface area contributed by atoms with Gasteiger partial charge < -0.3 is 5.11 Å². The van der Waals surface area contributed by atoms with Crippen LogP contribution in [0.1, 0.15) is 50.5 Å². The van der Waals surface area contributed by atoms with E-state index in [-0.39, 0.29) is 5.60 Å². The van der Waals surface area contributed by atoms with Crippen molar-refractivity contribution in [1.82, 2.24) is 0 Å². The third kappa shape index (κ3) is 2.40. The third-order valence-corrected chi connectivity index (χ3v) is 3.67. The van der Waals surface area contributed by atoms with Gasteiger partial charge in [-0.05, 0) is 43.6 Å². The van der Waals surface area contributed by atoms with Crippen LogP contribution in [-0.4, -0.2) is 10.7 Å². The second kappa shape index (κ2) is 4.36. The van der Waals surface area contributed by atoms with E-state index in [1.807, 2.05) is 6.07 Å². The molecule has 0 unspecified atom stereocenters. The fourth-order valence-electron chi connectivity index (χ4n) is 2.47. The van der Waals surface area contributed by atoms with Gasteiger partial charge in [0, 0.05) is 0 Å². The molecule has 1 nitrogen and oxygen atoms in total. The summed E-state index contributed by atoms with van der Waals surface area (Å²) in [4.78, 5) is 0. The molecule has 1 aliphatic carbocycles. The molecule has 0 aromatic heterocycles. The van der Waals surface area contributed by atoms with Gasteiger partial charge in [-0.25, -0.2) is 0 Å². The predicted molar refractivity (Wildman–Crippen MR) is 62.9 cm³/mol. The molecule has 1 saturated carbocycles. The average molecular weight is 204 g/mol. The standard InChI is InChI=1S/C14H20O/c1-2-12(11-14(15)9-6-10-14)13-7-4-3-5-8-13/h3-5,7-8,12,15H,2,6,9-11H2,1H3/t12-/m0/s1. The van der Waals surface area contributed by atoms with Gasteiger partial charge in [0.1, 0.15) is 0 Å². The van der Waals surface area contributed by atoms with Crippen LogP contribution < -0.4 is 0 Å². The lowest BCUT2D eigenvalue weighted by atomic mass is 9.72. The van der Waals surface area contributed by atoms with Crippen LogP contribution in [0.5, 0.6) is 0 Å². The van der Waals surface area contributed by atoms with Crippen LogP contribution in [0, 0.1) is 0 Å². The van der Waals surface area contributed by atoms with E-state index < -0.39 is 0 Å². The highest BCUT2D eigenvalue weighted by Gasteiger charge is 2.36. The first-order chi connectivity index (χ1) is 7.23. The van der Waals surface area contributed by atoms with Crippen LogP contribution in [0.3, 0.4) is 0 Å². The highest BCUT2D eigenvalue weighted by atomic mass is 16.3. The number of rotatable bonds is 4. The first-order valence-corrected chi connectivity index (χ1v) is 6.01. The molecule has 0 aliphatic heterocycles. The summed E-state index contributed by atoms with van der Waals surface area (Å²) >= 11 is 0. The Hall–Kier alpha value is -0.820. The number of benzene rings is 1. The minimum absolute atomic E-state index is 0.351. The molecule has 1 N–H and O–H groups in total. The molecular weight excluding hydrogens is 184 g/mol. The summed E-state index contributed by atoms with van der Waals surface area (Å²) in [5.74, 6) is 0.525. The molecule has 0 bridgehead atoms. The highest BCUT2D eigenvalue weighted by Crippen LogP contribution is 2.40. The van der Waals surface area contributed by atoms with E-state index in [1.165, 1.54) is 12.0 Å². The maximum Gasteiger partial charge on any atom is 0.0653 e. The molecule has 1 aliphatic rings. The predicted octanol–water partition coefficient (Wildman–Crippen LogP) is 3.49. The maximum absolute atomic E-state index is 10.2. The fraction of sp³-hybridized carbons (Fsp3) is 0.571. The van der Waals surface area contributed by atoms with Crippen molar-refractivity contribution in [3.8, 4) is 0 Å². The summed E-state index contributed by atoms with van der Waals surface area (Å²) in [6.45, 7) is 2.21. The van der Waals surface area contributed by atoms with Crippen molar-refractivity contribution in [2.45, 2.75) is 50.5 Å². The van der Waals surface area contributed by atoms with E-state index in [0.717, 1.165) is 25.7 Å². The second-order valence-corrected chi connectivity index (χ2v) is 4.80. The topological polar surface area (TPSA) is 20.2 Å². The van der Waals surface area contributed by atoms with Crippen molar-refractivity contribution in [1.29, 1.82) is 0 Å². The zero-order valence-corrected chi connectivity index (χ0v) is 9.45. The van der Waals surface area contributed by atoms with E-state index in [2.05, 4.69) is 31.2 Å². The third-order valence-electron chi connectivity index (χ3n) is 3.67. The molecule has 1 aromatic rings. The van der Waals surface area contributed by atoms with Gasteiger partial charge in [0.2, 0.25) is 0 Å². The van der Waals surface area contributed by atoms with Gasteiger partial charge in [-0.1, -0.05) is 37.3 Å². The number of aliphatic hydroxyl groups is 1. The molecule has 2 rings (SSSR count). The van der Waals surface area contributed by atoms with Gasteiger partial charge in [0.25, 0.3) is 0 Å². The Labute approximate surface area is 92.1 Å². The van der Waals surface area contributed by atoms with Crippen LogP contribution in [0.4, 0.5) is 0 Å². The van der Waals surface area contributed by atoms with Crippen LogP contribution in [0.2, 0.25) is 0 Å². The van der Waals surface area contributed by atoms with E-state index in [1.54, 1.807) is 0 Å². The normalized spacial score (nSPS) is 20.7. The van der Waals surface area contributed by atoms with Crippen molar-refractivity contribution in [3.63, 3.8) is 0 Å².